The molecule has 0 aromatic heterocycles. The van der Waals surface area contributed by atoms with E-state index in [2.05, 4.69) is 12.2 Å². The first kappa shape index (κ1) is 16.7. The van der Waals surface area contributed by atoms with Crippen LogP contribution in [0.25, 0.3) is 0 Å². The van der Waals surface area contributed by atoms with Crippen molar-refractivity contribution in [1.29, 1.82) is 0 Å². The van der Waals surface area contributed by atoms with Crippen molar-refractivity contribution >= 4 is 5.97 Å². The van der Waals surface area contributed by atoms with Crippen LogP contribution >= 0.6 is 0 Å². The molecule has 20 heavy (non-hydrogen) atoms. The lowest BCUT2D eigenvalue weighted by atomic mass is 10.0. The van der Waals surface area contributed by atoms with Crippen LogP contribution in [0, 0.1) is 0 Å². The molecule has 0 amide bonds. The predicted octanol–water partition coefficient (Wildman–Crippen LogP) is 2.69. The fourth-order valence-electron chi connectivity index (χ4n) is 2.04. The maximum atomic E-state index is 12.2. The van der Waals surface area contributed by atoms with Crippen molar-refractivity contribution in [3.63, 3.8) is 0 Å². The van der Waals surface area contributed by atoms with Crippen LogP contribution in [-0.2, 0) is 14.3 Å². The lowest BCUT2D eigenvalue weighted by Gasteiger charge is -2.28. The summed E-state index contributed by atoms with van der Waals surface area (Å²) in [6.45, 7) is 6.29. The Balaban J connectivity index is 2.96. The number of hydrogen-bond donors (Lipinski definition) is 1. The van der Waals surface area contributed by atoms with Gasteiger partial charge in [-0.25, -0.2) is 0 Å². The molecule has 0 spiro atoms. The average Bonchev–Trinajstić information content (AvgIpc) is 2.48. The van der Waals surface area contributed by atoms with Crippen molar-refractivity contribution < 1.29 is 14.3 Å². The van der Waals surface area contributed by atoms with Gasteiger partial charge in [-0.3, -0.25) is 10.1 Å². The average molecular weight is 279 g/mol. The first-order valence-electron chi connectivity index (χ1n) is 7.14. The van der Waals surface area contributed by atoms with Gasteiger partial charge in [0.15, 0.2) is 0 Å². The third-order valence-corrected chi connectivity index (χ3v) is 3.30. The molecule has 1 N–H and O–H groups in total. The Morgan fingerprint density at radius 1 is 1.25 bits per heavy atom. The minimum absolute atomic E-state index is 0.214. The van der Waals surface area contributed by atoms with Gasteiger partial charge in [0.05, 0.1) is 6.61 Å². The second-order valence-electron chi connectivity index (χ2n) is 4.77. The smallest absolute Gasteiger partial charge is 0.326 e. The maximum absolute atomic E-state index is 12.2. The number of nitrogens with one attached hydrogen (secondary N) is 1. The molecule has 0 aliphatic carbocycles. The Labute approximate surface area is 121 Å². The molecular formula is C16H25NO3. The quantitative estimate of drug-likeness (QED) is 0.743. The van der Waals surface area contributed by atoms with E-state index in [1.54, 1.807) is 7.11 Å². The number of ether oxygens (including phenoxy) is 2. The third kappa shape index (κ3) is 4.62. The molecule has 112 valence electrons. The lowest BCUT2D eigenvalue weighted by Crippen LogP contribution is -2.47. The van der Waals surface area contributed by atoms with Gasteiger partial charge < -0.3 is 9.47 Å². The van der Waals surface area contributed by atoms with Crippen molar-refractivity contribution in [1.82, 2.24) is 5.32 Å². The third-order valence-electron chi connectivity index (χ3n) is 3.30. The molecule has 1 aromatic carbocycles. The van der Waals surface area contributed by atoms with Gasteiger partial charge in [-0.05, 0) is 25.8 Å². The van der Waals surface area contributed by atoms with E-state index >= 15 is 0 Å². The van der Waals surface area contributed by atoms with Crippen LogP contribution in [0.3, 0.4) is 0 Å². The van der Waals surface area contributed by atoms with E-state index in [1.807, 2.05) is 44.2 Å². The zero-order chi connectivity index (χ0) is 15.0. The highest BCUT2D eigenvalue weighted by Crippen LogP contribution is 2.22. The Bertz CT molecular complexity index is 394. The molecule has 4 nitrogen and oxygen atoms in total. The van der Waals surface area contributed by atoms with Gasteiger partial charge in [0.1, 0.15) is 12.1 Å². The second kappa shape index (κ2) is 8.72. The van der Waals surface area contributed by atoms with Crippen molar-refractivity contribution in [2.45, 2.75) is 45.4 Å². The van der Waals surface area contributed by atoms with Crippen LogP contribution in [0.2, 0.25) is 0 Å². The molecule has 0 radical (unpaired) electrons. The van der Waals surface area contributed by atoms with Gasteiger partial charge >= 0.3 is 5.97 Å². The summed E-state index contributed by atoms with van der Waals surface area (Å²) in [4.78, 5) is 12.2. The molecule has 0 aliphatic heterocycles. The second-order valence-corrected chi connectivity index (χ2v) is 4.77. The van der Waals surface area contributed by atoms with Crippen LogP contribution in [0.5, 0.6) is 0 Å². The van der Waals surface area contributed by atoms with Crippen molar-refractivity contribution in [2.24, 2.45) is 0 Å². The van der Waals surface area contributed by atoms with E-state index in [0.29, 0.717) is 6.61 Å². The Morgan fingerprint density at radius 3 is 2.40 bits per heavy atom. The summed E-state index contributed by atoms with van der Waals surface area (Å²) >= 11 is 0. The normalized spacial score (nSPS) is 15.4. The zero-order valence-electron chi connectivity index (χ0n) is 12.8. The van der Waals surface area contributed by atoms with Crippen molar-refractivity contribution in [3.05, 3.63) is 35.9 Å². The molecule has 1 unspecified atom stereocenters. The standard InChI is InChI=1S/C16H25NO3/c1-5-12(3)17-14(16(18)20-6-2)15(19-4)13-10-8-7-9-11-13/h7-12,14-15,17H,5-6H2,1-4H3/t12?,14-,15-/m0/s1. The summed E-state index contributed by atoms with van der Waals surface area (Å²) in [7, 11) is 1.61. The number of carbonyl (C=O) groups is 1. The van der Waals surface area contributed by atoms with Crippen LogP contribution < -0.4 is 5.32 Å². The maximum Gasteiger partial charge on any atom is 0.326 e. The minimum Gasteiger partial charge on any atom is -0.465 e. The molecule has 3 atom stereocenters. The predicted molar refractivity (Wildman–Crippen MR) is 79.5 cm³/mol. The molecule has 0 saturated heterocycles. The SMILES string of the molecule is CCOC(=O)[C@@H](NC(C)CC)[C@@H](OC)c1ccccc1. The highest BCUT2D eigenvalue weighted by molar-refractivity contribution is 5.77. The summed E-state index contributed by atoms with van der Waals surface area (Å²) in [6.07, 6.45) is 0.574. The molecule has 0 fully saturated rings. The molecule has 0 saturated carbocycles. The summed E-state index contributed by atoms with van der Waals surface area (Å²) in [5.41, 5.74) is 0.962. The number of methoxy groups -OCH3 is 1. The highest BCUT2D eigenvalue weighted by atomic mass is 16.5. The molecule has 0 aliphatic rings. The molecule has 0 heterocycles. The summed E-state index contributed by atoms with van der Waals surface area (Å²) in [5.74, 6) is -0.275. The molecule has 4 heteroatoms. The first-order valence-corrected chi connectivity index (χ1v) is 7.14. The number of carbonyl (C=O) groups excluding carboxylic acids is 1. The number of benzene rings is 1. The zero-order valence-corrected chi connectivity index (χ0v) is 12.8. The van der Waals surface area contributed by atoms with Gasteiger partial charge in [-0.2, -0.15) is 0 Å². The number of rotatable bonds is 8. The van der Waals surface area contributed by atoms with Crippen LogP contribution in [0.4, 0.5) is 0 Å². The van der Waals surface area contributed by atoms with Crippen LogP contribution in [0.15, 0.2) is 30.3 Å². The van der Waals surface area contributed by atoms with Crippen molar-refractivity contribution in [3.8, 4) is 0 Å². The van der Waals surface area contributed by atoms with Crippen LogP contribution in [-0.4, -0.2) is 31.8 Å². The molecule has 0 bridgehead atoms. The summed E-state index contributed by atoms with van der Waals surface area (Å²) in [6, 6.07) is 9.44. The van der Waals surface area contributed by atoms with Gasteiger partial charge in [-0.15, -0.1) is 0 Å². The highest BCUT2D eigenvalue weighted by Gasteiger charge is 2.31. The van der Waals surface area contributed by atoms with E-state index in [-0.39, 0.29) is 18.1 Å². The van der Waals surface area contributed by atoms with E-state index < -0.39 is 6.04 Å². The van der Waals surface area contributed by atoms with E-state index in [1.165, 1.54) is 0 Å². The van der Waals surface area contributed by atoms with E-state index in [9.17, 15) is 4.79 Å². The Hall–Kier alpha value is -1.39. The van der Waals surface area contributed by atoms with Gasteiger partial charge in [0.2, 0.25) is 0 Å². The molecule has 1 rings (SSSR count). The Kier molecular flexibility index (Phi) is 7.26. The fourth-order valence-corrected chi connectivity index (χ4v) is 2.04. The first-order chi connectivity index (χ1) is 9.63. The van der Waals surface area contributed by atoms with E-state index in [0.717, 1.165) is 12.0 Å². The van der Waals surface area contributed by atoms with E-state index in [4.69, 9.17) is 9.47 Å². The number of esters is 1. The van der Waals surface area contributed by atoms with Gasteiger partial charge in [-0.1, -0.05) is 37.3 Å². The largest absolute Gasteiger partial charge is 0.465 e. The summed E-state index contributed by atoms with van der Waals surface area (Å²) < 4.78 is 10.7. The lowest BCUT2D eigenvalue weighted by molar-refractivity contribution is -0.150. The van der Waals surface area contributed by atoms with Gasteiger partial charge in [0, 0.05) is 13.2 Å². The monoisotopic (exact) mass is 279 g/mol. The van der Waals surface area contributed by atoms with Crippen molar-refractivity contribution in [2.75, 3.05) is 13.7 Å². The molecule has 1 aromatic rings. The van der Waals surface area contributed by atoms with Gasteiger partial charge in [0.25, 0.3) is 0 Å². The molecular weight excluding hydrogens is 254 g/mol. The minimum atomic E-state index is -0.503. The number of hydrogen-bond acceptors (Lipinski definition) is 4. The fraction of sp³-hybridized carbons (Fsp3) is 0.562. The topological polar surface area (TPSA) is 47.6 Å². The van der Waals surface area contributed by atoms with Crippen LogP contribution in [0.1, 0.15) is 38.9 Å². The summed E-state index contributed by atoms with van der Waals surface area (Å²) in [5, 5.41) is 3.30. The Morgan fingerprint density at radius 2 is 1.90 bits per heavy atom.